The lowest BCUT2D eigenvalue weighted by molar-refractivity contribution is 0.504. The first kappa shape index (κ1) is 12.5. The Morgan fingerprint density at radius 2 is 2.06 bits per heavy atom. The number of nitrogens with two attached hydrogens (primary N) is 1. The largest absolute Gasteiger partial charge is 0.437 e. The van der Waals surface area contributed by atoms with Crippen molar-refractivity contribution in [3.8, 4) is 11.5 Å². The molecule has 2 rings (SSSR count). The Morgan fingerprint density at radius 1 is 1.39 bits per heavy atom. The van der Waals surface area contributed by atoms with Gasteiger partial charge in [-0.25, -0.2) is 18.4 Å². The number of nitrogens with zero attached hydrogens (tertiary/aromatic N) is 2. The predicted molar refractivity (Wildman–Crippen MR) is 63.3 cm³/mol. The van der Waals surface area contributed by atoms with E-state index >= 15 is 0 Å². The zero-order valence-electron chi connectivity index (χ0n) is 9.75. The third kappa shape index (κ3) is 2.07. The first-order chi connectivity index (χ1) is 8.30. The molecule has 0 bridgehead atoms. The van der Waals surface area contributed by atoms with Crippen LogP contribution in [0.25, 0.3) is 11.5 Å². The van der Waals surface area contributed by atoms with Crippen LogP contribution in [0.15, 0.2) is 32.3 Å². The fraction of sp³-hybridized carbons (Fsp3) is 0.200. The molecular formula is C10H11N3O4S. The molecule has 0 aliphatic rings. The molecule has 0 radical (unpaired) electrons. The van der Waals surface area contributed by atoms with Crippen LogP contribution >= 0.6 is 0 Å². The Balaban J connectivity index is 2.80. The van der Waals surface area contributed by atoms with Crippen LogP contribution in [0.2, 0.25) is 0 Å². The summed E-state index contributed by atoms with van der Waals surface area (Å²) in [4.78, 5) is 11.1. The van der Waals surface area contributed by atoms with Crippen LogP contribution < -0.4 is 10.9 Å². The number of aryl methyl sites for hydroxylation is 2. The maximum atomic E-state index is 11.6. The first-order valence-electron chi connectivity index (χ1n) is 4.97. The third-order valence-electron chi connectivity index (χ3n) is 2.42. The van der Waals surface area contributed by atoms with E-state index in [0.717, 1.165) is 4.68 Å². The summed E-state index contributed by atoms with van der Waals surface area (Å²) in [7, 11) is -2.52. The highest BCUT2D eigenvalue weighted by atomic mass is 32.2. The van der Waals surface area contributed by atoms with Crippen LogP contribution in [0.3, 0.4) is 0 Å². The number of rotatable bonds is 2. The van der Waals surface area contributed by atoms with Crippen molar-refractivity contribution in [2.45, 2.75) is 11.8 Å². The Hall–Kier alpha value is -1.93. The molecular weight excluding hydrogens is 258 g/mol. The number of benzene rings is 1. The molecule has 0 unspecified atom stereocenters. The third-order valence-corrected chi connectivity index (χ3v) is 3.53. The second kappa shape index (κ2) is 4.07. The minimum absolute atomic E-state index is 0.0739. The van der Waals surface area contributed by atoms with Crippen molar-refractivity contribution in [3.63, 3.8) is 0 Å². The van der Waals surface area contributed by atoms with Crippen molar-refractivity contribution < 1.29 is 12.8 Å². The van der Waals surface area contributed by atoms with Crippen molar-refractivity contribution in [2.75, 3.05) is 0 Å². The predicted octanol–water partition coefficient (Wildman–Crippen LogP) is -0.00388. The molecule has 96 valence electrons. The summed E-state index contributed by atoms with van der Waals surface area (Å²) in [5.41, 5.74) is 0.638. The molecule has 0 fully saturated rings. The zero-order chi connectivity index (χ0) is 13.5. The van der Waals surface area contributed by atoms with E-state index < -0.39 is 15.8 Å². The highest BCUT2D eigenvalue weighted by Crippen LogP contribution is 2.26. The van der Waals surface area contributed by atoms with Gasteiger partial charge in [0.1, 0.15) is 0 Å². The quantitative estimate of drug-likeness (QED) is 0.825. The van der Waals surface area contributed by atoms with Crippen molar-refractivity contribution >= 4 is 10.0 Å². The Morgan fingerprint density at radius 3 is 2.56 bits per heavy atom. The van der Waals surface area contributed by atoms with E-state index in [1.54, 1.807) is 19.1 Å². The summed E-state index contributed by atoms with van der Waals surface area (Å²) < 4.78 is 29.0. The summed E-state index contributed by atoms with van der Waals surface area (Å²) in [6.45, 7) is 1.60. The molecule has 1 aromatic heterocycles. The van der Waals surface area contributed by atoms with E-state index in [-0.39, 0.29) is 16.3 Å². The van der Waals surface area contributed by atoms with Crippen LogP contribution in [-0.2, 0) is 17.1 Å². The number of primary sulfonamides is 1. The summed E-state index contributed by atoms with van der Waals surface area (Å²) in [5.74, 6) is -0.748. The van der Waals surface area contributed by atoms with Gasteiger partial charge in [0.2, 0.25) is 10.0 Å². The van der Waals surface area contributed by atoms with Gasteiger partial charge < -0.3 is 4.42 Å². The lowest BCUT2D eigenvalue weighted by Crippen LogP contribution is -2.15. The molecule has 8 heteroatoms. The summed E-state index contributed by atoms with van der Waals surface area (Å²) >= 11 is 0. The summed E-state index contributed by atoms with van der Waals surface area (Å²) in [6.07, 6.45) is 0. The second-order valence-electron chi connectivity index (χ2n) is 3.79. The molecule has 2 N–H and O–H groups in total. The average Bonchev–Trinajstić information content (AvgIpc) is 2.57. The van der Waals surface area contributed by atoms with Gasteiger partial charge in [-0.15, -0.1) is 5.10 Å². The van der Waals surface area contributed by atoms with Crippen molar-refractivity contribution in [2.24, 2.45) is 12.2 Å². The topological polar surface area (TPSA) is 108 Å². The Kier molecular flexibility index (Phi) is 2.83. The average molecular weight is 269 g/mol. The van der Waals surface area contributed by atoms with Crippen molar-refractivity contribution in [1.29, 1.82) is 0 Å². The van der Waals surface area contributed by atoms with Crippen molar-refractivity contribution in [1.82, 2.24) is 9.78 Å². The molecule has 1 aromatic carbocycles. The van der Waals surface area contributed by atoms with Gasteiger partial charge >= 0.3 is 5.76 Å². The standard InChI is InChI=1S/C10H11N3O4S/c1-6-4-3-5-7(8(6)18(11,15)16)9-12-13(2)10(14)17-9/h3-5H,1-2H3,(H2,11,15,16). The maximum absolute atomic E-state index is 11.6. The zero-order valence-corrected chi connectivity index (χ0v) is 10.6. The molecule has 0 amide bonds. The minimum atomic E-state index is -3.93. The molecule has 0 aliphatic heterocycles. The van der Waals surface area contributed by atoms with Gasteiger partial charge in [-0.05, 0) is 18.6 Å². The molecule has 18 heavy (non-hydrogen) atoms. The van der Waals surface area contributed by atoms with E-state index in [9.17, 15) is 13.2 Å². The van der Waals surface area contributed by atoms with Crippen LogP contribution in [0, 0.1) is 6.92 Å². The first-order valence-corrected chi connectivity index (χ1v) is 6.52. The molecule has 0 aliphatic carbocycles. The van der Waals surface area contributed by atoms with Gasteiger partial charge in [0.25, 0.3) is 5.89 Å². The maximum Gasteiger partial charge on any atom is 0.437 e. The number of aromatic nitrogens is 2. The molecule has 0 saturated carbocycles. The fourth-order valence-corrected chi connectivity index (χ4v) is 2.63. The normalized spacial score (nSPS) is 11.7. The van der Waals surface area contributed by atoms with Gasteiger partial charge in [0.15, 0.2) is 0 Å². The molecule has 0 spiro atoms. The molecule has 0 saturated heterocycles. The fourth-order valence-electron chi connectivity index (χ4n) is 1.65. The van der Waals surface area contributed by atoms with Crippen LogP contribution in [0.4, 0.5) is 0 Å². The molecule has 2 aromatic rings. The Bertz CT molecular complexity index is 758. The number of hydrogen-bond acceptors (Lipinski definition) is 5. The van der Waals surface area contributed by atoms with Gasteiger partial charge in [0, 0.05) is 7.05 Å². The SMILES string of the molecule is Cc1cccc(-c2nn(C)c(=O)o2)c1S(N)(=O)=O. The monoisotopic (exact) mass is 269 g/mol. The molecule has 7 nitrogen and oxygen atoms in total. The highest BCUT2D eigenvalue weighted by Gasteiger charge is 2.21. The van der Waals surface area contributed by atoms with E-state index in [4.69, 9.17) is 9.56 Å². The van der Waals surface area contributed by atoms with Gasteiger partial charge in [-0.1, -0.05) is 12.1 Å². The lowest BCUT2D eigenvalue weighted by atomic mass is 10.1. The highest BCUT2D eigenvalue weighted by molar-refractivity contribution is 7.89. The number of sulfonamides is 1. The van der Waals surface area contributed by atoms with Crippen LogP contribution in [0.5, 0.6) is 0 Å². The van der Waals surface area contributed by atoms with Crippen LogP contribution in [-0.4, -0.2) is 18.2 Å². The molecule has 0 atom stereocenters. The minimum Gasteiger partial charge on any atom is -0.388 e. The van der Waals surface area contributed by atoms with E-state index in [2.05, 4.69) is 5.10 Å². The van der Waals surface area contributed by atoms with Crippen molar-refractivity contribution in [3.05, 3.63) is 34.3 Å². The van der Waals surface area contributed by atoms with E-state index in [1.165, 1.54) is 13.1 Å². The summed E-state index contributed by atoms with van der Waals surface area (Å²) in [5, 5.41) is 8.97. The van der Waals surface area contributed by atoms with E-state index in [1.807, 2.05) is 0 Å². The summed E-state index contributed by atoms with van der Waals surface area (Å²) in [6, 6.07) is 4.72. The second-order valence-corrected chi connectivity index (χ2v) is 5.29. The lowest BCUT2D eigenvalue weighted by Gasteiger charge is -2.06. The smallest absolute Gasteiger partial charge is 0.388 e. The van der Waals surface area contributed by atoms with Gasteiger partial charge in [0.05, 0.1) is 10.5 Å². The van der Waals surface area contributed by atoms with Gasteiger partial charge in [-0.2, -0.15) is 4.68 Å². The number of hydrogen-bond donors (Lipinski definition) is 1. The van der Waals surface area contributed by atoms with E-state index in [0.29, 0.717) is 5.56 Å². The Labute approximate surface area is 103 Å². The van der Waals surface area contributed by atoms with Crippen LogP contribution in [0.1, 0.15) is 5.56 Å². The molecule has 1 heterocycles. The van der Waals surface area contributed by atoms with Gasteiger partial charge in [-0.3, -0.25) is 0 Å².